The summed E-state index contributed by atoms with van der Waals surface area (Å²) in [6.07, 6.45) is 2.35. The minimum absolute atomic E-state index is 0.109. The summed E-state index contributed by atoms with van der Waals surface area (Å²) in [6, 6.07) is 0. The van der Waals surface area contributed by atoms with Crippen LogP contribution in [-0.4, -0.2) is 24.4 Å². The van der Waals surface area contributed by atoms with Crippen LogP contribution < -0.4 is 0 Å². The molecule has 0 saturated carbocycles. The number of hydrogen-bond donors (Lipinski definition) is 0. The third-order valence-corrected chi connectivity index (χ3v) is 2.46. The van der Waals surface area contributed by atoms with Gasteiger partial charge in [0.25, 0.3) is 0 Å². The normalized spacial score (nSPS) is 11.9. The molecular formula is C12H25NO. The summed E-state index contributed by atoms with van der Waals surface area (Å²) in [5.41, 5.74) is 0.244. The molecule has 2 heteroatoms. The van der Waals surface area contributed by atoms with Crippen molar-refractivity contribution in [2.24, 2.45) is 11.3 Å². The average molecular weight is 199 g/mol. The van der Waals surface area contributed by atoms with Crippen molar-refractivity contribution in [2.75, 3.05) is 13.6 Å². The fourth-order valence-corrected chi connectivity index (χ4v) is 1.92. The van der Waals surface area contributed by atoms with Crippen molar-refractivity contribution in [3.05, 3.63) is 0 Å². The van der Waals surface area contributed by atoms with E-state index in [-0.39, 0.29) is 17.2 Å². The fraction of sp³-hybridized carbons (Fsp3) is 0.917. The van der Waals surface area contributed by atoms with Gasteiger partial charge in [0.2, 0.25) is 5.91 Å². The summed E-state index contributed by atoms with van der Waals surface area (Å²) in [6.45, 7) is 11.4. The second-order valence-electron chi connectivity index (χ2n) is 5.26. The van der Waals surface area contributed by atoms with Crippen molar-refractivity contribution in [2.45, 2.75) is 47.5 Å². The largest absolute Gasteiger partial charge is 0.345 e. The summed E-state index contributed by atoms with van der Waals surface area (Å²) in [5, 5.41) is 0. The van der Waals surface area contributed by atoms with Gasteiger partial charge in [-0.05, 0) is 11.8 Å². The molecule has 0 fully saturated rings. The molecule has 0 aromatic rings. The Morgan fingerprint density at radius 1 is 1.36 bits per heavy atom. The van der Waals surface area contributed by atoms with Crippen molar-refractivity contribution in [1.29, 1.82) is 0 Å². The number of carbonyl (C=O) groups excluding carboxylic acids is 1. The predicted octanol–water partition coefficient (Wildman–Crippen LogP) is 2.93. The van der Waals surface area contributed by atoms with Gasteiger partial charge in [0.05, 0.1) is 0 Å². The van der Waals surface area contributed by atoms with Crippen molar-refractivity contribution >= 4 is 5.91 Å². The first-order chi connectivity index (χ1) is 6.30. The van der Waals surface area contributed by atoms with E-state index in [1.54, 1.807) is 0 Å². The summed E-state index contributed by atoms with van der Waals surface area (Å²) in [4.78, 5) is 13.5. The highest BCUT2D eigenvalue weighted by molar-refractivity contribution is 5.77. The van der Waals surface area contributed by atoms with Gasteiger partial charge in [-0.2, -0.15) is 0 Å². The maximum absolute atomic E-state index is 11.7. The van der Waals surface area contributed by atoms with Gasteiger partial charge < -0.3 is 4.90 Å². The Kier molecular flexibility index (Phi) is 5.17. The van der Waals surface area contributed by atoms with Crippen molar-refractivity contribution in [3.8, 4) is 0 Å². The topological polar surface area (TPSA) is 20.3 Å². The van der Waals surface area contributed by atoms with Gasteiger partial charge in [-0.1, -0.05) is 41.0 Å². The zero-order valence-electron chi connectivity index (χ0n) is 10.6. The van der Waals surface area contributed by atoms with Crippen LogP contribution in [0.25, 0.3) is 0 Å². The van der Waals surface area contributed by atoms with E-state index in [1.807, 2.05) is 25.8 Å². The first kappa shape index (κ1) is 13.5. The molecule has 0 atom stereocenters. The van der Waals surface area contributed by atoms with E-state index in [0.717, 1.165) is 6.54 Å². The minimum atomic E-state index is 0.109. The molecule has 0 aliphatic heterocycles. The second kappa shape index (κ2) is 5.38. The molecule has 0 aliphatic carbocycles. The first-order valence-corrected chi connectivity index (χ1v) is 5.55. The number of carbonyl (C=O) groups is 1. The monoisotopic (exact) mass is 199 g/mol. The SMILES string of the molecule is CCCC(C)(C)CN(C)C(=O)C(C)C. The van der Waals surface area contributed by atoms with Crippen LogP contribution in [0, 0.1) is 11.3 Å². The lowest BCUT2D eigenvalue weighted by atomic mass is 9.87. The zero-order chi connectivity index (χ0) is 11.4. The third kappa shape index (κ3) is 4.64. The Bertz CT molecular complexity index is 185. The summed E-state index contributed by atoms with van der Waals surface area (Å²) in [5.74, 6) is 0.353. The predicted molar refractivity (Wildman–Crippen MR) is 61.2 cm³/mol. The molecule has 0 aliphatic rings. The second-order valence-corrected chi connectivity index (χ2v) is 5.26. The highest BCUT2D eigenvalue weighted by atomic mass is 16.2. The fourth-order valence-electron chi connectivity index (χ4n) is 1.92. The van der Waals surface area contributed by atoms with Crippen LogP contribution in [0.2, 0.25) is 0 Å². The molecule has 0 aromatic heterocycles. The standard InChI is InChI=1S/C12H25NO/c1-7-8-12(4,5)9-13(6)11(14)10(2)3/h10H,7-9H2,1-6H3. The van der Waals surface area contributed by atoms with E-state index >= 15 is 0 Å². The van der Waals surface area contributed by atoms with Crippen LogP contribution >= 0.6 is 0 Å². The lowest BCUT2D eigenvalue weighted by molar-refractivity contribution is -0.134. The Balaban J connectivity index is 4.17. The molecule has 0 radical (unpaired) electrons. The Morgan fingerprint density at radius 3 is 2.21 bits per heavy atom. The van der Waals surface area contributed by atoms with Crippen LogP contribution in [0.15, 0.2) is 0 Å². The molecule has 0 bridgehead atoms. The van der Waals surface area contributed by atoms with Crippen LogP contribution in [0.4, 0.5) is 0 Å². The first-order valence-electron chi connectivity index (χ1n) is 5.55. The van der Waals surface area contributed by atoms with Gasteiger partial charge >= 0.3 is 0 Å². The summed E-state index contributed by atoms with van der Waals surface area (Å²) < 4.78 is 0. The Hall–Kier alpha value is -0.530. The molecular weight excluding hydrogens is 174 g/mol. The quantitative estimate of drug-likeness (QED) is 0.666. The number of amides is 1. The minimum Gasteiger partial charge on any atom is -0.345 e. The third-order valence-electron chi connectivity index (χ3n) is 2.46. The molecule has 14 heavy (non-hydrogen) atoms. The van der Waals surface area contributed by atoms with Crippen LogP contribution in [0.5, 0.6) is 0 Å². The van der Waals surface area contributed by atoms with E-state index in [2.05, 4.69) is 20.8 Å². The van der Waals surface area contributed by atoms with E-state index in [0.29, 0.717) is 0 Å². The Morgan fingerprint density at radius 2 is 1.86 bits per heavy atom. The zero-order valence-corrected chi connectivity index (χ0v) is 10.6. The van der Waals surface area contributed by atoms with E-state index in [9.17, 15) is 4.79 Å². The van der Waals surface area contributed by atoms with Crippen LogP contribution in [0.3, 0.4) is 0 Å². The van der Waals surface area contributed by atoms with Crippen LogP contribution in [-0.2, 0) is 4.79 Å². The lowest BCUT2D eigenvalue weighted by Crippen LogP contribution is -2.38. The molecule has 1 amide bonds. The van der Waals surface area contributed by atoms with Crippen molar-refractivity contribution in [3.63, 3.8) is 0 Å². The maximum Gasteiger partial charge on any atom is 0.224 e. The van der Waals surface area contributed by atoms with Gasteiger partial charge in [-0.15, -0.1) is 0 Å². The molecule has 0 heterocycles. The van der Waals surface area contributed by atoms with E-state index in [1.165, 1.54) is 12.8 Å². The van der Waals surface area contributed by atoms with Gasteiger partial charge in [-0.25, -0.2) is 0 Å². The van der Waals surface area contributed by atoms with Crippen LogP contribution in [0.1, 0.15) is 47.5 Å². The number of hydrogen-bond acceptors (Lipinski definition) is 1. The molecule has 0 N–H and O–H groups in total. The van der Waals surface area contributed by atoms with Gasteiger partial charge in [0.1, 0.15) is 0 Å². The summed E-state index contributed by atoms with van der Waals surface area (Å²) in [7, 11) is 1.90. The molecule has 0 rings (SSSR count). The number of nitrogens with zero attached hydrogens (tertiary/aromatic N) is 1. The van der Waals surface area contributed by atoms with E-state index in [4.69, 9.17) is 0 Å². The molecule has 0 aromatic carbocycles. The number of rotatable bonds is 5. The highest BCUT2D eigenvalue weighted by Crippen LogP contribution is 2.23. The molecule has 0 saturated heterocycles. The van der Waals surface area contributed by atoms with Gasteiger partial charge in [0, 0.05) is 19.5 Å². The smallest absolute Gasteiger partial charge is 0.224 e. The molecule has 2 nitrogen and oxygen atoms in total. The van der Waals surface area contributed by atoms with Crippen molar-refractivity contribution < 1.29 is 4.79 Å². The van der Waals surface area contributed by atoms with Gasteiger partial charge in [0.15, 0.2) is 0 Å². The lowest BCUT2D eigenvalue weighted by Gasteiger charge is -2.31. The molecule has 84 valence electrons. The maximum atomic E-state index is 11.7. The highest BCUT2D eigenvalue weighted by Gasteiger charge is 2.22. The van der Waals surface area contributed by atoms with Crippen molar-refractivity contribution in [1.82, 2.24) is 4.90 Å². The average Bonchev–Trinajstić information content (AvgIpc) is 2.01. The Labute approximate surface area is 88.7 Å². The van der Waals surface area contributed by atoms with E-state index < -0.39 is 0 Å². The van der Waals surface area contributed by atoms with Gasteiger partial charge in [-0.3, -0.25) is 4.79 Å². The molecule has 0 unspecified atom stereocenters. The summed E-state index contributed by atoms with van der Waals surface area (Å²) >= 11 is 0. The molecule has 0 spiro atoms.